The number of benzene rings is 2. The van der Waals surface area contributed by atoms with E-state index in [2.05, 4.69) is 15.5 Å². The summed E-state index contributed by atoms with van der Waals surface area (Å²) in [4.78, 5) is 12.5. The van der Waals surface area contributed by atoms with Gasteiger partial charge in [0.05, 0.1) is 17.8 Å². The van der Waals surface area contributed by atoms with Crippen LogP contribution in [0.4, 0.5) is 5.82 Å². The topological polar surface area (TPSA) is 109 Å². The van der Waals surface area contributed by atoms with Crippen LogP contribution in [0.1, 0.15) is 12.5 Å². The number of amides is 1. The number of aromatic amines is 1. The molecule has 2 heterocycles. The number of rotatable bonds is 5. The van der Waals surface area contributed by atoms with E-state index >= 15 is 0 Å². The maximum absolute atomic E-state index is 12.5. The first-order chi connectivity index (χ1) is 13.6. The minimum Gasteiger partial charge on any atom is -0.481 e. The van der Waals surface area contributed by atoms with Gasteiger partial charge in [0.15, 0.2) is 17.6 Å². The molecule has 3 aromatic rings. The van der Waals surface area contributed by atoms with E-state index in [9.17, 15) is 4.79 Å². The van der Waals surface area contributed by atoms with Crippen LogP contribution in [-0.4, -0.2) is 29.0 Å². The van der Waals surface area contributed by atoms with E-state index in [-0.39, 0.29) is 12.7 Å². The quantitative estimate of drug-likeness (QED) is 0.708. The molecule has 0 saturated carbocycles. The van der Waals surface area contributed by atoms with Crippen LogP contribution in [0.2, 0.25) is 0 Å². The molecule has 0 aliphatic carbocycles. The fourth-order valence-electron chi connectivity index (χ4n) is 2.79. The Morgan fingerprint density at radius 2 is 2.14 bits per heavy atom. The molecule has 1 atom stereocenters. The van der Waals surface area contributed by atoms with E-state index in [0.29, 0.717) is 34.2 Å². The summed E-state index contributed by atoms with van der Waals surface area (Å²) < 4.78 is 16.4. The Balaban J connectivity index is 1.48. The molecule has 0 bridgehead atoms. The molecule has 1 aliphatic rings. The second-order valence-corrected chi connectivity index (χ2v) is 6.12. The van der Waals surface area contributed by atoms with Gasteiger partial charge in [-0.25, -0.2) is 0 Å². The van der Waals surface area contributed by atoms with Crippen molar-refractivity contribution < 1.29 is 19.0 Å². The van der Waals surface area contributed by atoms with Crippen LogP contribution in [0, 0.1) is 11.3 Å². The average molecular weight is 376 g/mol. The highest BCUT2D eigenvalue weighted by Gasteiger charge is 2.20. The molecule has 8 heteroatoms. The molecule has 1 aromatic heterocycles. The lowest BCUT2D eigenvalue weighted by molar-refractivity contribution is -0.122. The number of nitrogens with one attached hydrogen (secondary N) is 2. The van der Waals surface area contributed by atoms with Crippen LogP contribution in [-0.2, 0) is 4.79 Å². The summed E-state index contributed by atoms with van der Waals surface area (Å²) >= 11 is 0. The number of aromatic nitrogens is 2. The molecule has 2 N–H and O–H groups in total. The van der Waals surface area contributed by atoms with Crippen molar-refractivity contribution in [1.29, 1.82) is 5.26 Å². The molecule has 0 unspecified atom stereocenters. The lowest BCUT2D eigenvalue weighted by Crippen LogP contribution is -2.30. The summed E-state index contributed by atoms with van der Waals surface area (Å²) in [5, 5.41) is 18.6. The summed E-state index contributed by atoms with van der Waals surface area (Å²) in [5.74, 6) is 1.87. The monoisotopic (exact) mass is 376 g/mol. The minimum absolute atomic E-state index is 0.190. The predicted octanol–water partition coefficient (Wildman–Crippen LogP) is 3.08. The van der Waals surface area contributed by atoms with E-state index in [1.807, 2.05) is 24.3 Å². The molecule has 140 valence electrons. The van der Waals surface area contributed by atoms with Gasteiger partial charge in [-0.2, -0.15) is 10.4 Å². The third kappa shape index (κ3) is 3.46. The normalized spacial score (nSPS) is 12.9. The number of carbonyl (C=O) groups excluding carboxylic acids is 1. The van der Waals surface area contributed by atoms with Gasteiger partial charge in [0.1, 0.15) is 11.6 Å². The first-order valence-electron chi connectivity index (χ1n) is 8.55. The molecule has 2 aromatic carbocycles. The molecule has 0 saturated heterocycles. The standard InChI is InChI=1S/C20H16N4O4/c1-12(28-15-4-2-3-13(7-15)9-21)20(25)23-19-16(10-22-24-19)14-5-6-17-18(8-14)27-11-26-17/h2-8,10,12H,11H2,1H3,(H2,22,23,24,25)/t12-/m1/s1. The average Bonchev–Trinajstić information content (AvgIpc) is 3.36. The number of fused-ring (bicyclic) bond motifs is 1. The first kappa shape index (κ1) is 17.4. The Labute approximate surface area is 160 Å². The van der Waals surface area contributed by atoms with Crippen molar-refractivity contribution >= 4 is 11.7 Å². The molecule has 0 radical (unpaired) electrons. The van der Waals surface area contributed by atoms with E-state index in [1.165, 1.54) is 0 Å². The van der Waals surface area contributed by atoms with Gasteiger partial charge in [-0.05, 0) is 42.8 Å². The summed E-state index contributed by atoms with van der Waals surface area (Å²) in [6.07, 6.45) is 0.844. The van der Waals surface area contributed by atoms with Crippen molar-refractivity contribution in [3.8, 4) is 34.4 Å². The number of carbonyl (C=O) groups is 1. The van der Waals surface area contributed by atoms with Crippen molar-refractivity contribution in [2.75, 3.05) is 12.1 Å². The number of nitriles is 1. The summed E-state index contributed by atoms with van der Waals surface area (Å²) in [7, 11) is 0. The molecule has 1 aliphatic heterocycles. The lowest BCUT2D eigenvalue weighted by atomic mass is 10.1. The predicted molar refractivity (Wildman–Crippen MR) is 100 cm³/mol. The van der Waals surface area contributed by atoms with Crippen molar-refractivity contribution in [3.63, 3.8) is 0 Å². The third-order valence-electron chi connectivity index (χ3n) is 4.22. The first-order valence-corrected chi connectivity index (χ1v) is 8.55. The van der Waals surface area contributed by atoms with Crippen LogP contribution in [0.3, 0.4) is 0 Å². The highest BCUT2D eigenvalue weighted by Crippen LogP contribution is 2.37. The summed E-state index contributed by atoms with van der Waals surface area (Å²) in [5.41, 5.74) is 2.00. The SMILES string of the molecule is C[C@@H](Oc1cccc(C#N)c1)C(=O)Nc1[nH]ncc1-c1ccc2c(c1)OCO2. The number of nitrogens with zero attached hydrogens (tertiary/aromatic N) is 2. The van der Waals surface area contributed by atoms with E-state index in [1.54, 1.807) is 37.4 Å². The van der Waals surface area contributed by atoms with Crippen LogP contribution in [0.25, 0.3) is 11.1 Å². The lowest BCUT2D eigenvalue weighted by Gasteiger charge is -2.15. The zero-order chi connectivity index (χ0) is 19.5. The number of hydrogen-bond acceptors (Lipinski definition) is 6. The largest absolute Gasteiger partial charge is 0.481 e. The molecule has 1 amide bonds. The molecule has 0 spiro atoms. The van der Waals surface area contributed by atoms with Gasteiger partial charge >= 0.3 is 0 Å². The molecule has 8 nitrogen and oxygen atoms in total. The highest BCUT2D eigenvalue weighted by atomic mass is 16.7. The minimum atomic E-state index is -0.776. The summed E-state index contributed by atoms with van der Waals surface area (Å²) in [6, 6.07) is 14.2. The maximum atomic E-state index is 12.5. The number of H-pyrrole nitrogens is 1. The van der Waals surface area contributed by atoms with Crippen LogP contribution >= 0.6 is 0 Å². The van der Waals surface area contributed by atoms with Crippen molar-refractivity contribution in [1.82, 2.24) is 10.2 Å². The van der Waals surface area contributed by atoms with Gasteiger partial charge in [0, 0.05) is 5.56 Å². The fourth-order valence-corrected chi connectivity index (χ4v) is 2.79. The smallest absolute Gasteiger partial charge is 0.266 e. The Kier molecular flexibility index (Phi) is 4.56. The number of anilines is 1. The second-order valence-electron chi connectivity index (χ2n) is 6.12. The zero-order valence-electron chi connectivity index (χ0n) is 14.9. The van der Waals surface area contributed by atoms with E-state index in [4.69, 9.17) is 19.5 Å². The molecular weight excluding hydrogens is 360 g/mol. The van der Waals surface area contributed by atoms with Crippen molar-refractivity contribution in [3.05, 3.63) is 54.2 Å². The Morgan fingerprint density at radius 3 is 3.00 bits per heavy atom. The van der Waals surface area contributed by atoms with Crippen molar-refractivity contribution in [2.45, 2.75) is 13.0 Å². The van der Waals surface area contributed by atoms with Gasteiger partial charge in [-0.3, -0.25) is 9.89 Å². The van der Waals surface area contributed by atoms with Gasteiger partial charge < -0.3 is 19.5 Å². The zero-order valence-corrected chi connectivity index (χ0v) is 14.9. The summed E-state index contributed by atoms with van der Waals surface area (Å²) in [6.45, 7) is 1.82. The number of hydrogen-bond donors (Lipinski definition) is 2. The Morgan fingerprint density at radius 1 is 1.29 bits per heavy atom. The van der Waals surface area contributed by atoms with E-state index in [0.717, 1.165) is 5.56 Å². The molecular formula is C20H16N4O4. The van der Waals surface area contributed by atoms with Gasteiger partial charge in [-0.15, -0.1) is 0 Å². The van der Waals surface area contributed by atoms with Gasteiger partial charge in [-0.1, -0.05) is 12.1 Å². The van der Waals surface area contributed by atoms with E-state index < -0.39 is 6.10 Å². The fraction of sp³-hybridized carbons (Fsp3) is 0.150. The second kappa shape index (κ2) is 7.32. The molecule has 28 heavy (non-hydrogen) atoms. The maximum Gasteiger partial charge on any atom is 0.266 e. The van der Waals surface area contributed by atoms with Crippen molar-refractivity contribution in [2.24, 2.45) is 0 Å². The van der Waals surface area contributed by atoms with Crippen LogP contribution < -0.4 is 19.5 Å². The molecule has 0 fully saturated rings. The molecule has 4 rings (SSSR count). The highest BCUT2D eigenvalue weighted by molar-refractivity contribution is 5.96. The Bertz CT molecular complexity index is 1070. The van der Waals surface area contributed by atoms with Gasteiger partial charge in [0.2, 0.25) is 6.79 Å². The number of ether oxygens (including phenoxy) is 3. The third-order valence-corrected chi connectivity index (χ3v) is 4.22. The Hall–Kier alpha value is -3.99. The van der Waals surface area contributed by atoms with Crippen LogP contribution in [0.5, 0.6) is 17.2 Å². The van der Waals surface area contributed by atoms with Gasteiger partial charge in [0.25, 0.3) is 5.91 Å². The van der Waals surface area contributed by atoms with Crippen LogP contribution in [0.15, 0.2) is 48.7 Å².